The van der Waals surface area contributed by atoms with Crippen LogP contribution in [0.2, 0.25) is 0 Å². The third-order valence-electron chi connectivity index (χ3n) is 2.04. The number of rotatable bonds is 4. The van der Waals surface area contributed by atoms with E-state index in [0.717, 1.165) is 12.2 Å². The predicted octanol–water partition coefficient (Wildman–Crippen LogP) is 2.09. The second kappa shape index (κ2) is 4.67. The minimum Gasteiger partial charge on any atom is -0.388 e. The van der Waals surface area contributed by atoms with E-state index in [1.807, 2.05) is 26.2 Å². The first-order valence-corrected chi connectivity index (χ1v) is 4.40. The summed E-state index contributed by atoms with van der Waals surface area (Å²) < 4.78 is 0. The first-order chi connectivity index (χ1) is 6.33. The van der Waals surface area contributed by atoms with Crippen LogP contribution < -0.4 is 10.6 Å². The van der Waals surface area contributed by atoms with Gasteiger partial charge in [-0.25, -0.2) is 0 Å². The lowest BCUT2D eigenvalue weighted by atomic mass is 10.1. The molecular formula is C11H16N2. The van der Waals surface area contributed by atoms with Crippen LogP contribution in [-0.4, -0.2) is 14.1 Å². The topological polar surface area (TPSA) is 24.1 Å². The maximum absolute atomic E-state index is 3.81. The lowest BCUT2D eigenvalue weighted by Gasteiger charge is -2.10. The summed E-state index contributed by atoms with van der Waals surface area (Å²) in [6, 6.07) is 6.20. The highest BCUT2D eigenvalue weighted by atomic mass is 14.8. The largest absolute Gasteiger partial charge is 0.388 e. The van der Waals surface area contributed by atoms with Gasteiger partial charge in [0.25, 0.3) is 0 Å². The van der Waals surface area contributed by atoms with E-state index in [4.69, 9.17) is 0 Å². The Kier molecular flexibility index (Phi) is 3.53. The van der Waals surface area contributed by atoms with Gasteiger partial charge in [-0.05, 0) is 18.7 Å². The van der Waals surface area contributed by atoms with E-state index >= 15 is 0 Å². The first kappa shape index (κ1) is 9.81. The number of hydrogen-bond donors (Lipinski definition) is 2. The molecule has 0 saturated heterocycles. The van der Waals surface area contributed by atoms with Crippen molar-refractivity contribution >= 4 is 11.8 Å². The molecule has 0 unspecified atom stereocenters. The van der Waals surface area contributed by atoms with Gasteiger partial charge in [0.2, 0.25) is 0 Å². The summed E-state index contributed by atoms with van der Waals surface area (Å²) in [5.74, 6) is 0. The van der Waals surface area contributed by atoms with Crippen molar-refractivity contribution in [1.82, 2.24) is 5.32 Å². The molecule has 0 spiro atoms. The number of anilines is 1. The highest BCUT2D eigenvalue weighted by molar-refractivity contribution is 5.68. The average molecular weight is 176 g/mol. The number of benzene rings is 1. The lowest BCUT2D eigenvalue weighted by Crippen LogP contribution is -2.07. The molecular weight excluding hydrogens is 160 g/mol. The first-order valence-electron chi connectivity index (χ1n) is 4.40. The van der Waals surface area contributed by atoms with Crippen LogP contribution in [0.1, 0.15) is 11.1 Å². The van der Waals surface area contributed by atoms with Crippen LogP contribution >= 0.6 is 0 Å². The van der Waals surface area contributed by atoms with Crippen LogP contribution in [0.15, 0.2) is 24.8 Å². The Balaban J connectivity index is 3.10. The standard InChI is InChI=1S/C11H16N2/c1-4-10-9(8-12-2)6-5-7-11(10)13-3/h4-7,12-13H,1,8H2,2-3H3. The van der Waals surface area contributed by atoms with Crippen molar-refractivity contribution in [2.45, 2.75) is 6.54 Å². The predicted molar refractivity (Wildman–Crippen MR) is 58.8 cm³/mol. The molecule has 0 amide bonds. The lowest BCUT2D eigenvalue weighted by molar-refractivity contribution is 0.816. The smallest absolute Gasteiger partial charge is 0.0414 e. The molecule has 0 radical (unpaired) electrons. The van der Waals surface area contributed by atoms with Crippen LogP contribution in [-0.2, 0) is 6.54 Å². The van der Waals surface area contributed by atoms with E-state index in [9.17, 15) is 0 Å². The van der Waals surface area contributed by atoms with E-state index in [1.165, 1.54) is 11.1 Å². The van der Waals surface area contributed by atoms with Crippen LogP contribution in [0, 0.1) is 0 Å². The third-order valence-corrected chi connectivity index (χ3v) is 2.04. The maximum atomic E-state index is 3.81. The molecule has 0 saturated carbocycles. The van der Waals surface area contributed by atoms with Crippen LogP contribution in [0.5, 0.6) is 0 Å². The Morgan fingerprint density at radius 2 is 2.15 bits per heavy atom. The molecule has 70 valence electrons. The second-order valence-electron chi connectivity index (χ2n) is 2.86. The Bertz CT molecular complexity index is 292. The molecule has 1 aromatic carbocycles. The molecule has 0 atom stereocenters. The van der Waals surface area contributed by atoms with Crippen molar-refractivity contribution in [2.24, 2.45) is 0 Å². The highest BCUT2D eigenvalue weighted by Crippen LogP contribution is 2.20. The van der Waals surface area contributed by atoms with E-state index in [1.54, 1.807) is 0 Å². The van der Waals surface area contributed by atoms with Gasteiger partial charge in [0.05, 0.1) is 0 Å². The van der Waals surface area contributed by atoms with E-state index in [-0.39, 0.29) is 0 Å². The van der Waals surface area contributed by atoms with Crippen molar-refractivity contribution in [1.29, 1.82) is 0 Å². The van der Waals surface area contributed by atoms with E-state index in [2.05, 4.69) is 29.3 Å². The highest BCUT2D eigenvalue weighted by Gasteiger charge is 2.01. The summed E-state index contributed by atoms with van der Waals surface area (Å²) in [5, 5.41) is 6.28. The fourth-order valence-electron chi connectivity index (χ4n) is 1.42. The van der Waals surface area contributed by atoms with E-state index in [0.29, 0.717) is 0 Å². The van der Waals surface area contributed by atoms with Crippen molar-refractivity contribution in [3.63, 3.8) is 0 Å². The van der Waals surface area contributed by atoms with Crippen molar-refractivity contribution < 1.29 is 0 Å². The zero-order valence-electron chi connectivity index (χ0n) is 8.22. The van der Waals surface area contributed by atoms with Crippen LogP contribution in [0.3, 0.4) is 0 Å². The summed E-state index contributed by atoms with van der Waals surface area (Å²) in [4.78, 5) is 0. The van der Waals surface area contributed by atoms with Gasteiger partial charge in [0, 0.05) is 24.8 Å². The molecule has 13 heavy (non-hydrogen) atoms. The summed E-state index contributed by atoms with van der Waals surface area (Å²) >= 11 is 0. The minimum absolute atomic E-state index is 0.872. The average Bonchev–Trinajstić information content (AvgIpc) is 2.18. The SMILES string of the molecule is C=Cc1c(CNC)cccc1NC. The summed E-state index contributed by atoms with van der Waals surface area (Å²) in [7, 11) is 3.87. The van der Waals surface area contributed by atoms with Crippen LogP contribution in [0.4, 0.5) is 5.69 Å². The van der Waals surface area contributed by atoms with Gasteiger partial charge < -0.3 is 10.6 Å². The zero-order chi connectivity index (χ0) is 9.68. The van der Waals surface area contributed by atoms with Gasteiger partial charge >= 0.3 is 0 Å². The Labute approximate surface area is 79.7 Å². The number of nitrogens with one attached hydrogen (secondary N) is 2. The van der Waals surface area contributed by atoms with Crippen molar-refractivity contribution in [3.8, 4) is 0 Å². The zero-order valence-corrected chi connectivity index (χ0v) is 8.22. The van der Waals surface area contributed by atoms with Gasteiger partial charge in [-0.2, -0.15) is 0 Å². The summed E-state index contributed by atoms with van der Waals surface area (Å²) in [5.41, 5.74) is 3.58. The normalized spacial score (nSPS) is 9.69. The Hall–Kier alpha value is -1.28. The Morgan fingerprint density at radius 1 is 1.38 bits per heavy atom. The second-order valence-corrected chi connectivity index (χ2v) is 2.86. The fourth-order valence-corrected chi connectivity index (χ4v) is 1.42. The summed E-state index contributed by atoms with van der Waals surface area (Å²) in [6.45, 7) is 4.69. The summed E-state index contributed by atoms with van der Waals surface area (Å²) in [6.07, 6.45) is 1.89. The Morgan fingerprint density at radius 3 is 2.69 bits per heavy atom. The van der Waals surface area contributed by atoms with Crippen LogP contribution in [0.25, 0.3) is 6.08 Å². The molecule has 1 rings (SSSR count). The van der Waals surface area contributed by atoms with E-state index < -0.39 is 0 Å². The molecule has 0 aliphatic rings. The minimum atomic E-state index is 0.872. The quantitative estimate of drug-likeness (QED) is 0.734. The van der Waals surface area contributed by atoms with Gasteiger partial charge in [0.15, 0.2) is 0 Å². The van der Waals surface area contributed by atoms with Gasteiger partial charge in [0.1, 0.15) is 0 Å². The molecule has 0 bridgehead atoms. The molecule has 0 aromatic heterocycles. The number of hydrogen-bond acceptors (Lipinski definition) is 2. The molecule has 2 N–H and O–H groups in total. The van der Waals surface area contributed by atoms with Crippen molar-refractivity contribution in [3.05, 3.63) is 35.9 Å². The maximum Gasteiger partial charge on any atom is 0.0414 e. The molecule has 0 aliphatic carbocycles. The molecule has 2 heteroatoms. The molecule has 0 heterocycles. The molecule has 1 aromatic rings. The fraction of sp³-hybridized carbons (Fsp3) is 0.273. The van der Waals surface area contributed by atoms with Gasteiger partial charge in [-0.15, -0.1) is 0 Å². The van der Waals surface area contributed by atoms with Gasteiger partial charge in [-0.3, -0.25) is 0 Å². The van der Waals surface area contributed by atoms with Gasteiger partial charge in [-0.1, -0.05) is 24.8 Å². The monoisotopic (exact) mass is 176 g/mol. The molecule has 2 nitrogen and oxygen atoms in total. The molecule has 0 fully saturated rings. The third kappa shape index (κ3) is 2.10. The van der Waals surface area contributed by atoms with Crippen molar-refractivity contribution in [2.75, 3.05) is 19.4 Å². The molecule has 0 aliphatic heterocycles.